The lowest BCUT2D eigenvalue weighted by Crippen LogP contribution is -2.29. The lowest BCUT2D eigenvalue weighted by molar-refractivity contribution is -0.114. The highest BCUT2D eigenvalue weighted by Gasteiger charge is 2.28. The molecular weight excluding hydrogens is 868 g/mol. The molecule has 0 radical (unpaired) electrons. The summed E-state index contributed by atoms with van der Waals surface area (Å²) in [7, 11) is 3.27. The van der Waals surface area contributed by atoms with Gasteiger partial charge in [-0.1, -0.05) is 13.2 Å². The number of amides is 3. The van der Waals surface area contributed by atoms with E-state index in [-0.39, 0.29) is 35.7 Å². The minimum absolute atomic E-state index is 0. The summed E-state index contributed by atoms with van der Waals surface area (Å²) >= 11 is 6.65. The Bertz CT molecular complexity index is 1930. The molecule has 13 nitrogen and oxygen atoms in total. The number of likely N-dealkylation sites (N-methyl/N-ethyl adjacent to an activating group) is 2. The number of benzene rings is 2. The smallest absolute Gasteiger partial charge is 0.335 e. The number of likely N-dealkylation sites (tertiary alicyclic amines) is 1. The molecule has 2 atom stereocenters. The van der Waals surface area contributed by atoms with E-state index < -0.39 is 5.97 Å². The fourth-order valence-corrected chi connectivity index (χ4v) is 6.25. The van der Waals surface area contributed by atoms with Crippen LogP contribution in [0.2, 0.25) is 0 Å². The first-order valence-corrected chi connectivity index (χ1v) is 19.1. The zero-order chi connectivity index (χ0) is 39.9. The first-order chi connectivity index (χ1) is 26.4. The third-order valence-electron chi connectivity index (χ3n) is 9.04. The quantitative estimate of drug-likeness (QED) is 0.170. The largest absolute Gasteiger partial charge is 0.478 e. The molecule has 56 heavy (non-hydrogen) atoms. The molecule has 0 saturated carbocycles. The number of carbonyl (C=O) groups excluding carboxylic acids is 3. The van der Waals surface area contributed by atoms with E-state index in [2.05, 4.69) is 70.3 Å². The fraction of sp³-hybridized carbons (Fsp3) is 0.300. The maximum Gasteiger partial charge on any atom is 0.335 e. The molecule has 2 fully saturated rings. The molecule has 0 aliphatic carbocycles. The summed E-state index contributed by atoms with van der Waals surface area (Å²) < 4.78 is 1.80. The van der Waals surface area contributed by atoms with Crippen molar-refractivity contribution in [2.75, 3.05) is 50.1 Å². The Morgan fingerprint density at radius 2 is 1.21 bits per heavy atom. The van der Waals surface area contributed by atoms with Crippen LogP contribution in [-0.4, -0.2) is 93.9 Å². The number of carboxylic acids is 1. The molecule has 16 heteroatoms. The van der Waals surface area contributed by atoms with Crippen LogP contribution in [0.5, 0.6) is 0 Å². The van der Waals surface area contributed by atoms with Gasteiger partial charge in [0.15, 0.2) is 0 Å². The number of hydrogen-bond acceptors (Lipinski definition) is 9. The third kappa shape index (κ3) is 13.7. The van der Waals surface area contributed by atoms with Crippen molar-refractivity contribution in [1.82, 2.24) is 30.2 Å². The number of carboxylic acid groups (broad SMARTS) is 1. The normalized spacial score (nSPS) is 15.5. The molecule has 0 spiro atoms. The molecule has 0 unspecified atom stereocenters. The van der Waals surface area contributed by atoms with Gasteiger partial charge >= 0.3 is 5.97 Å². The predicted molar refractivity (Wildman–Crippen MR) is 226 cm³/mol. The van der Waals surface area contributed by atoms with Gasteiger partial charge in [0, 0.05) is 81.8 Å². The molecule has 2 aromatic carbocycles. The maximum atomic E-state index is 12.8. The van der Waals surface area contributed by atoms with Gasteiger partial charge in [0.25, 0.3) is 5.91 Å². The zero-order valence-corrected chi connectivity index (χ0v) is 35.2. The molecule has 2 saturated heterocycles. The van der Waals surface area contributed by atoms with Crippen molar-refractivity contribution < 1.29 is 24.3 Å². The second-order valence-electron chi connectivity index (χ2n) is 12.9. The zero-order valence-electron chi connectivity index (χ0n) is 31.2. The van der Waals surface area contributed by atoms with Crippen LogP contribution in [-0.2, 0) is 22.4 Å². The number of aromatic nitrogens is 4. The Morgan fingerprint density at radius 3 is 1.62 bits per heavy atom. The minimum atomic E-state index is -0.987. The number of rotatable bonds is 10. The summed E-state index contributed by atoms with van der Waals surface area (Å²) in [6.07, 6.45) is 13.5. The fourth-order valence-electron chi connectivity index (χ4n) is 5.84. The molecule has 4 heterocycles. The van der Waals surface area contributed by atoms with E-state index in [1.54, 1.807) is 62.9 Å². The number of aromatic carboxylic acids is 1. The monoisotopic (exact) mass is 910 g/mol. The second-order valence-corrected chi connectivity index (χ2v) is 14.7. The van der Waals surface area contributed by atoms with Crippen LogP contribution in [0.4, 0.5) is 11.4 Å². The molecule has 2 N–H and O–H groups in total. The van der Waals surface area contributed by atoms with Gasteiger partial charge in [0.2, 0.25) is 11.8 Å². The van der Waals surface area contributed by atoms with Gasteiger partial charge in [-0.25, -0.2) is 24.7 Å². The van der Waals surface area contributed by atoms with Crippen LogP contribution < -0.4 is 15.1 Å². The molecule has 296 valence electrons. The van der Waals surface area contributed by atoms with Gasteiger partial charge in [-0.15, -0.1) is 12.4 Å². The molecule has 4 aromatic rings. The summed E-state index contributed by atoms with van der Waals surface area (Å²) in [5, 5.41) is 12.0. The summed E-state index contributed by atoms with van der Waals surface area (Å²) in [5.41, 5.74) is 2.17. The minimum Gasteiger partial charge on any atom is -0.478 e. The van der Waals surface area contributed by atoms with E-state index in [4.69, 9.17) is 5.11 Å². The van der Waals surface area contributed by atoms with E-state index in [1.807, 2.05) is 17.3 Å². The Hall–Kier alpha value is -4.83. The number of nitrogens with zero attached hydrogens (tertiary/aromatic N) is 7. The van der Waals surface area contributed by atoms with Gasteiger partial charge in [0.1, 0.15) is 11.6 Å². The SMILES string of the molecule is Brc1cnc(C[C@@H]2CCNC2)nc1.C=CC(=O)N(C)c1ccc(C(=O)N2CC[C@@H](Cc3ncc(Br)cn3)C2)cc1.C=CC(=O)N(C)c1ccc(C(=O)O)cc1.Cl. The average Bonchev–Trinajstić information content (AvgIpc) is 3.91. The van der Waals surface area contributed by atoms with Crippen LogP contribution in [0.3, 0.4) is 0 Å². The van der Waals surface area contributed by atoms with E-state index in [0.717, 1.165) is 71.1 Å². The van der Waals surface area contributed by atoms with Crippen LogP contribution in [0, 0.1) is 11.8 Å². The van der Waals surface area contributed by atoms with Crippen molar-refractivity contribution in [1.29, 1.82) is 0 Å². The molecule has 0 bridgehead atoms. The predicted octanol–water partition coefficient (Wildman–Crippen LogP) is 6.44. The highest BCUT2D eigenvalue weighted by Crippen LogP contribution is 2.23. The number of nitrogens with one attached hydrogen (secondary N) is 1. The topological polar surface area (TPSA) is 162 Å². The van der Waals surface area contributed by atoms with Crippen LogP contribution in [0.15, 0.2) is 108 Å². The maximum absolute atomic E-state index is 12.8. The lowest BCUT2D eigenvalue weighted by atomic mass is 10.0. The van der Waals surface area contributed by atoms with Gasteiger partial charge in [-0.05, 0) is 130 Å². The van der Waals surface area contributed by atoms with Crippen molar-refractivity contribution in [2.45, 2.75) is 25.7 Å². The number of carbonyl (C=O) groups is 4. The molecule has 3 amide bonds. The lowest BCUT2D eigenvalue weighted by Gasteiger charge is -2.18. The Kier molecular flexibility index (Phi) is 18.4. The second kappa shape index (κ2) is 22.7. The summed E-state index contributed by atoms with van der Waals surface area (Å²) in [5.74, 6) is 1.45. The average molecular weight is 913 g/mol. The van der Waals surface area contributed by atoms with Crippen molar-refractivity contribution >= 4 is 79.3 Å². The highest BCUT2D eigenvalue weighted by atomic mass is 79.9. The van der Waals surface area contributed by atoms with E-state index in [0.29, 0.717) is 23.7 Å². The molecule has 6 rings (SSSR count). The van der Waals surface area contributed by atoms with Crippen LogP contribution >= 0.6 is 44.3 Å². The van der Waals surface area contributed by atoms with Crippen molar-refractivity contribution in [3.8, 4) is 0 Å². The third-order valence-corrected chi connectivity index (χ3v) is 9.86. The van der Waals surface area contributed by atoms with Crippen molar-refractivity contribution in [3.05, 3.63) is 130 Å². The summed E-state index contributed by atoms with van der Waals surface area (Å²) in [6, 6.07) is 13.1. The first-order valence-electron chi connectivity index (χ1n) is 17.5. The Labute approximate surface area is 350 Å². The highest BCUT2D eigenvalue weighted by molar-refractivity contribution is 9.10. The molecule has 2 aromatic heterocycles. The Balaban J connectivity index is 0.000000245. The standard InChI is InChI=1S/C20H21BrN4O2.C11H11NO3.C9H12BrN3.ClH/c1-3-19(26)24(2)17-6-4-15(5-7-17)20(27)25-9-8-14(13-25)10-18-22-11-16(21)12-23-18;1-3-10(13)12(2)9-6-4-8(5-7-9)11(14)15;10-8-5-12-9(13-6-8)3-7-1-2-11-4-7;/h3-7,11-12,14H,1,8-10,13H2,2H3;3-7H,1H2,2H3,(H,14,15);5-7,11H,1-4H2;1H/t14-;;7-;/m0.0./s1. The van der Waals surface area contributed by atoms with Crippen LogP contribution in [0.25, 0.3) is 0 Å². The summed E-state index contributed by atoms with van der Waals surface area (Å²) in [6.45, 7) is 10.5. The number of hydrogen-bond donors (Lipinski definition) is 2. The molecule has 2 aliphatic heterocycles. The molecule has 2 aliphatic rings. The van der Waals surface area contributed by atoms with Gasteiger partial charge in [0.05, 0.1) is 14.5 Å². The number of halogens is 3. The van der Waals surface area contributed by atoms with Gasteiger partial charge in [-0.2, -0.15) is 0 Å². The van der Waals surface area contributed by atoms with Gasteiger partial charge in [-0.3, -0.25) is 14.4 Å². The Morgan fingerprint density at radius 1 is 0.768 bits per heavy atom. The van der Waals surface area contributed by atoms with Crippen molar-refractivity contribution in [3.63, 3.8) is 0 Å². The van der Waals surface area contributed by atoms with Crippen molar-refractivity contribution in [2.24, 2.45) is 11.8 Å². The van der Waals surface area contributed by atoms with Gasteiger partial charge < -0.3 is 25.1 Å². The van der Waals surface area contributed by atoms with E-state index in [1.165, 1.54) is 40.5 Å². The van der Waals surface area contributed by atoms with E-state index in [9.17, 15) is 19.2 Å². The van der Waals surface area contributed by atoms with E-state index >= 15 is 0 Å². The molecular formula is C40H45Br2ClN8O5. The number of anilines is 2. The van der Waals surface area contributed by atoms with Crippen LogP contribution in [0.1, 0.15) is 45.2 Å². The summed E-state index contributed by atoms with van der Waals surface area (Å²) in [4.78, 5) is 68.1. The first kappa shape index (κ1) is 45.6.